The third-order valence-electron chi connectivity index (χ3n) is 14.1. The Kier molecular flexibility index (Phi) is 16.0. The highest BCUT2D eigenvalue weighted by atomic mass is 79.9. The van der Waals surface area contributed by atoms with Gasteiger partial charge in [-0.25, -0.2) is 0 Å². The standard InChI is InChI=1S/C58H71BrO2/c1-5-9-11-13-15-17-35-57(36-18-16-14-12-10-6-2)53-39-43(7-3)27-33-49(53)51-42-56-52(41-54(51)57)50-34-32-48(59)40-55(50)58(56,46-28-23-44(24-29-46)21-19-37-60)47-30-25-45(26-31-47)22-20-38-61-8-4/h7,23-34,39-42,60H,3,5-6,8-22,35-38H2,1-2,4H3. The maximum absolute atomic E-state index is 9.67. The summed E-state index contributed by atoms with van der Waals surface area (Å²) < 4.78 is 6.81. The SMILES string of the molecule is C=Cc1ccc2c(c1)C(CCCCCCCC)(CCCCCCCC)c1cc3c(cc1-2)C(c1ccc(CCCO)cc1)(c1ccc(CCCOCC)cc1)c1cc(Br)ccc1-3. The molecule has 0 amide bonds. The van der Waals surface area contributed by atoms with Crippen LogP contribution in [-0.4, -0.2) is 24.9 Å². The molecule has 1 atom stereocenters. The third-order valence-corrected chi connectivity index (χ3v) is 14.6. The lowest BCUT2D eigenvalue weighted by molar-refractivity contribution is 0.145. The number of hydrogen-bond donors (Lipinski definition) is 1. The fraction of sp³-hybridized carbons (Fsp3) is 0.448. The number of aryl methyl sites for hydroxylation is 2. The van der Waals surface area contributed by atoms with Crippen LogP contribution in [0, 0.1) is 0 Å². The van der Waals surface area contributed by atoms with E-state index in [1.54, 1.807) is 5.56 Å². The van der Waals surface area contributed by atoms with Crippen molar-refractivity contribution in [1.29, 1.82) is 0 Å². The molecule has 2 aliphatic rings. The van der Waals surface area contributed by atoms with E-state index in [0.717, 1.165) is 43.4 Å². The van der Waals surface area contributed by atoms with Crippen molar-refractivity contribution in [3.05, 3.63) is 158 Å². The predicted octanol–water partition coefficient (Wildman–Crippen LogP) is 16.1. The van der Waals surface area contributed by atoms with Gasteiger partial charge in [-0.2, -0.15) is 0 Å². The summed E-state index contributed by atoms with van der Waals surface area (Å²) in [6.07, 6.45) is 23.7. The van der Waals surface area contributed by atoms with Gasteiger partial charge in [0.25, 0.3) is 0 Å². The van der Waals surface area contributed by atoms with E-state index in [-0.39, 0.29) is 12.0 Å². The molecule has 0 spiro atoms. The summed E-state index contributed by atoms with van der Waals surface area (Å²) in [5.74, 6) is 0. The van der Waals surface area contributed by atoms with Crippen LogP contribution in [0.2, 0.25) is 0 Å². The van der Waals surface area contributed by atoms with Gasteiger partial charge in [0.1, 0.15) is 0 Å². The molecule has 0 saturated carbocycles. The van der Waals surface area contributed by atoms with E-state index in [1.807, 2.05) is 6.08 Å². The quantitative estimate of drug-likeness (QED) is 0.0581. The first-order chi connectivity index (χ1) is 29.9. The van der Waals surface area contributed by atoms with Crippen LogP contribution in [0.1, 0.15) is 174 Å². The second-order valence-electron chi connectivity index (χ2n) is 18.0. The largest absolute Gasteiger partial charge is 0.396 e. The lowest BCUT2D eigenvalue weighted by Crippen LogP contribution is -2.29. The van der Waals surface area contributed by atoms with Crippen molar-refractivity contribution < 1.29 is 9.84 Å². The first-order valence-electron chi connectivity index (χ1n) is 24.1. The molecular formula is C58H71BrO2. The minimum absolute atomic E-state index is 0.0352. The van der Waals surface area contributed by atoms with Gasteiger partial charge in [-0.05, 0) is 142 Å². The van der Waals surface area contributed by atoms with Crippen molar-refractivity contribution in [2.75, 3.05) is 19.8 Å². The molecule has 2 nitrogen and oxygen atoms in total. The first kappa shape index (κ1) is 45.3. The zero-order chi connectivity index (χ0) is 42.7. The van der Waals surface area contributed by atoms with E-state index in [2.05, 4.69) is 140 Å². The molecule has 2 aliphatic carbocycles. The predicted molar refractivity (Wildman–Crippen MR) is 264 cm³/mol. The molecule has 0 bridgehead atoms. The molecule has 5 aromatic carbocycles. The minimum atomic E-state index is -0.520. The third kappa shape index (κ3) is 9.46. The number of benzene rings is 5. The molecule has 0 saturated heterocycles. The van der Waals surface area contributed by atoms with E-state index < -0.39 is 5.41 Å². The number of aliphatic hydroxyl groups is 1. The van der Waals surface area contributed by atoms with Crippen LogP contribution in [0.15, 0.2) is 108 Å². The van der Waals surface area contributed by atoms with Crippen LogP contribution in [0.25, 0.3) is 28.3 Å². The Morgan fingerprint density at radius 1 is 0.541 bits per heavy atom. The average Bonchev–Trinajstić information content (AvgIpc) is 3.72. The maximum Gasteiger partial charge on any atom is 0.0714 e. The van der Waals surface area contributed by atoms with Crippen LogP contribution in [0.3, 0.4) is 0 Å². The Labute approximate surface area is 377 Å². The van der Waals surface area contributed by atoms with Crippen molar-refractivity contribution in [2.45, 2.75) is 147 Å². The molecule has 0 aliphatic heterocycles. The molecule has 0 heterocycles. The molecule has 0 fully saturated rings. The van der Waals surface area contributed by atoms with Gasteiger partial charge in [0, 0.05) is 29.7 Å². The number of ether oxygens (including phenoxy) is 1. The molecular weight excluding hydrogens is 809 g/mol. The number of fused-ring (bicyclic) bond motifs is 6. The van der Waals surface area contributed by atoms with E-state index in [0.29, 0.717) is 0 Å². The molecule has 5 aromatic rings. The molecule has 0 radical (unpaired) electrons. The molecule has 1 unspecified atom stereocenters. The Morgan fingerprint density at radius 3 is 1.64 bits per heavy atom. The van der Waals surface area contributed by atoms with Crippen molar-refractivity contribution in [1.82, 2.24) is 0 Å². The number of unbranched alkanes of at least 4 members (excludes halogenated alkanes) is 10. The smallest absolute Gasteiger partial charge is 0.0714 e. The Bertz CT molecular complexity index is 2180. The molecule has 1 N–H and O–H groups in total. The van der Waals surface area contributed by atoms with Gasteiger partial charge in [-0.15, -0.1) is 0 Å². The monoisotopic (exact) mass is 878 g/mol. The van der Waals surface area contributed by atoms with E-state index >= 15 is 0 Å². The Hall–Kier alpha value is -3.76. The van der Waals surface area contributed by atoms with Crippen LogP contribution in [0.4, 0.5) is 0 Å². The van der Waals surface area contributed by atoms with Crippen molar-refractivity contribution in [3.8, 4) is 22.3 Å². The van der Waals surface area contributed by atoms with Crippen molar-refractivity contribution >= 4 is 22.0 Å². The Balaban J connectivity index is 1.43. The minimum Gasteiger partial charge on any atom is -0.396 e. The van der Waals surface area contributed by atoms with Gasteiger partial charge in [-0.1, -0.05) is 192 Å². The van der Waals surface area contributed by atoms with E-state index in [9.17, 15) is 5.11 Å². The van der Waals surface area contributed by atoms with Gasteiger partial charge in [-0.3, -0.25) is 0 Å². The number of halogens is 1. The van der Waals surface area contributed by atoms with Gasteiger partial charge in [0.2, 0.25) is 0 Å². The second kappa shape index (κ2) is 21.5. The number of aliphatic hydroxyl groups excluding tert-OH is 1. The highest BCUT2D eigenvalue weighted by Gasteiger charge is 2.50. The molecule has 7 rings (SSSR count). The summed E-state index contributed by atoms with van der Waals surface area (Å²) in [6.45, 7) is 12.7. The number of hydrogen-bond acceptors (Lipinski definition) is 2. The second-order valence-corrected chi connectivity index (χ2v) is 18.9. The number of rotatable bonds is 25. The van der Waals surface area contributed by atoms with E-state index in [1.165, 1.54) is 157 Å². The van der Waals surface area contributed by atoms with Crippen LogP contribution >= 0.6 is 15.9 Å². The van der Waals surface area contributed by atoms with Crippen molar-refractivity contribution in [2.24, 2.45) is 0 Å². The highest BCUT2D eigenvalue weighted by molar-refractivity contribution is 9.10. The zero-order valence-electron chi connectivity index (χ0n) is 37.6. The van der Waals surface area contributed by atoms with Gasteiger partial charge < -0.3 is 9.84 Å². The first-order valence-corrected chi connectivity index (χ1v) is 24.9. The Morgan fingerprint density at radius 2 is 1.05 bits per heavy atom. The fourth-order valence-electron chi connectivity index (χ4n) is 10.9. The summed E-state index contributed by atoms with van der Waals surface area (Å²) in [5, 5.41) is 9.67. The maximum atomic E-state index is 9.67. The normalized spacial score (nSPS) is 15.7. The van der Waals surface area contributed by atoms with Crippen LogP contribution in [-0.2, 0) is 28.4 Å². The van der Waals surface area contributed by atoms with E-state index in [4.69, 9.17) is 4.74 Å². The molecule has 3 heteroatoms. The van der Waals surface area contributed by atoms with Gasteiger partial charge >= 0.3 is 0 Å². The fourth-order valence-corrected chi connectivity index (χ4v) is 11.3. The molecule has 61 heavy (non-hydrogen) atoms. The summed E-state index contributed by atoms with van der Waals surface area (Å²) in [7, 11) is 0. The molecule has 322 valence electrons. The lowest BCUT2D eigenvalue weighted by Gasteiger charge is -2.35. The average molecular weight is 880 g/mol. The topological polar surface area (TPSA) is 29.5 Å². The van der Waals surface area contributed by atoms with Crippen molar-refractivity contribution in [3.63, 3.8) is 0 Å². The summed E-state index contributed by atoms with van der Waals surface area (Å²) in [4.78, 5) is 0. The van der Waals surface area contributed by atoms with Gasteiger partial charge in [0.05, 0.1) is 5.41 Å². The van der Waals surface area contributed by atoms with Gasteiger partial charge in [0.15, 0.2) is 0 Å². The van der Waals surface area contributed by atoms with Crippen LogP contribution < -0.4 is 0 Å². The highest BCUT2D eigenvalue weighted by Crippen LogP contribution is 2.62. The summed E-state index contributed by atoms with van der Waals surface area (Å²) in [6, 6.07) is 38.5. The van der Waals surface area contributed by atoms with Crippen LogP contribution in [0.5, 0.6) is 0 Å². The summed E-state index contributed by atoms with van der Waals surface area (Å²) >= 11 is 3.96. The molecule has 0 aromatic heterocycles. The zero-order valence-corrected chi connectivity index (χ0v) is 39.2. The summed E-state index contributed by atoms with van der Waals surface area (Å²) in [5.41, 5.74) is 17.2. The lowest BCUT2D eigenvalue weighted by atomic mass is 9.66.